The molecule has 1 aromatic heterocycles. The van der Waals surface area contributed by atoms with E-state index < -0.39 is 0 Å². The largest absolute Gasteiger partial charge is 0.456 e. The van der Waals surface area contributed by atoms with Crippen molar-refractivity contribution < 1.29 is 18.8 Å². The van der Waals surface area contributed by atoms with Gasteiger partial charge in [0.25, 0.3) is 11.8 Å². The van der Waals surface area contributed by atoms with Gasteiger partial charge in [-0.15, -0.1) is 0 Å². The van der Waals surface area contributed by atoms with Gasteiger partial charge in [0.1, 0.15) is 5.76 Å². The Morgan fingerprint density at radius 1 is 1.00 bits per heavy atom. The minimum absolute atomic E-state index is 0.190. The lowest BCUT2D eigenvalue weighted by molar-refractivity contribution is -0.127. The van der Waals surface area contributed by atoms with E-state index in [2.05, 4.69) is 51.7 Å². The van der Waals surface area contributed by atoms with E-state index in [1.54, 1.807) is 25.1 Å². The van der Waals surface area contributed by atoms with Crippen LogP contribution in [-0.4, -0.2) is 68.4 Å². The predicted molar refractivity (Wildman–Crippen MR) is 161 cm³/mol. The summed E-state index contributed by atoms with van der Waals surface area (Å²) in [5.74, 6) is 0.504. The smallest absolute Gasteiger partial charge is 0.291 e. The highest BCUT2D eigenvalue weighted by Gasteiger charge is 2.26. The summed E-state index contributed by atoms with van der Waals surface area (Å²) in [5.41, 5.74) is 3.13. The molecule has 5 rings (SSSR count). The highest BCUT2D eigenvalue weighted by molar-refractivity contribution is 6.05. The summed E-state index contributed by atoms with van der Waals surface area (Å²) in [5, 5.41) is 5.95. The van der Waals surface area contributed by atoms with Gasteiger partial charge in [0.15, 0.2) is 5.76 Å². The fourth-order valence-corrected chi connectivity index (χ4v) is 5.68. The van der Waals surface area contributed by atoms with Crippen LogP contribution in [0.1, 0.15) is 58.8 Å². The highest BCUT2D eigenvalue weighted by Crippen LogP contribution is 2.32. The first-order valence-corrected chi connectivity index (χ1v) is 14.5. The summed E-state index contributed by atoms with van der Waals surface area (Å²) in [6, 6.07) is 19.7. The summed E-state index contributed by atoms with van der Waals surface area (Å²) < 4.78 is 5.54. The minimum atomic E-state index is -0.356. The third-order valence-corrected chi connectivity index (χ3v) is 8.05. The monoisotopic (exact) mass is 557 g/mol. The second-order valence-electron chi connectivity index (χ2n) is 10.9. The molecular formula is C32H39N5O4. The van der Waals surface area contributed by atoms with Crippen molar-refractivity contribution >= 4 is 34.8 Å². The van der Waals surface area contributed by atoms with Gasteiger partial charge in [-0.25, -0.2) is 0 Å². The number of hydrogen-bond donors (Lipinski definition) is 2. The first-order valence-electron chi connectivity index (χ1n) is 14.5. The van der Waals surface area contributed by atoms with Gasteiger partial charge in [-0.1, -0.05) is 18.2 Å². The van der Waals surface area contributed by atoms with E-state index in [0.29, 0.717) is 49.0 Å². The van der Waals surface area contributed by atoms with Gasteiger partial charge in [0.2, 0.25) is 5.91 Å². The molecule has 216 valence electrons. The van der Waals surface area contributed by atoms with Gasteiger partial charge in [0.05, 0.1) is 11.4 Å². The van der Waals surface area contributed by atoms with Crippen LogP contribution in [0.5, 0.6) is 0 Å². The lowest BCUT2D eigenvalue weighted by atomic mass is 10.0. The maximum Gasteiger partial charge on any atom is 0.291 e. The van der Waals surface area contributed by atoms with E-state index in [1.807, 2.05) is 23.1 Å². The normalized spacial score (nSPS) is 15.7. The zero-order valence-corrected chi connectivity index (χ0v) is 23.9. The quantitative estimate of drug-likeness (QED) is 0.351. The average Bonchev–Trinajstić information content (AvgIpc) is 3.63. The van der Waals surface area contributed by atoms with E-state index in [-0.39, 0.29) is 23.5 Å². The summed E-state index contributed by atoms with van der Waals surface area (Å²) >= 11 is 0. The lowest BCUT2D eigenvalue weighted by Gasteiger charge is -2.39. The van der Waals surface area contributed by atoms with E-state index >= 15 is 0 Å². The Hall–Kier alpha value is -4.27. The van der Waals surface area contributed by atoms with Gasteiger partial charge in [-0.05, 0) is 75.1 Å². The Balaban J connectivity index is 1.26. The molecule has 2 fully saturated rings. The second-order valence-corrected chi connectivity index (χ2v) is 10.9. The van der Waals surface area contributed by atoms with Crippen LogP contribution in [0.3, 0.4) is 0 Å². The van der Waals surface area contributed by atoms with Gasteiger partial charge >= 0.3 is 0 Å². The Bertz CT molecular complexity index is 1360. The molecule has 0 unspecified atom stereocenters. The maximum absolute atomic E-state index is 13.0. The van der Waals surface area contributed by atoms with Gasteiger partial charge in [0, 0.05) is 63.5 Å². The number of para-hydroxylation sites is 1. The standard InChI is InChI=1S/C32H39N5O4/c1-23-11-14-29(41-23)32(40)34-27-22-24(31(39)33-17-7-19-37-18-6-10-30(37)38)12-13-28(27)36-20-15-26(16-21-36)35(2)25-8-4-3-5-9-25/h3-5,8-9,11-14,22,26H,6-7,10,15-21H2,1-2H3,(H,33,39)(H,34,40). The third kappa shape index (κ3) is 6.90. The van der Waals surface area contributed by atoms with Crippen LogP contribution in [0, 0.1) is 6.92 Å². The number of rotatable bonds is 10. The molecule has 9 heteroatoms. The summed E-state index contributed by atoms with van der Waals surface area (Å²) in [6.07, 6.45) is 4.16. The van der Waals surface area contributed by atoms with Crippen LogP contribution < -0.4 is 20.4 Å². The minimum Gasteiger partial charge on any atom is -0.456 e. The maximum atomic E-state index is 13.0. The number of piperidine rings is 1. The van der Waals surface area contributed by atoms with Crippen LogP contribution in [0.2, 0.25) is 0 Å². The van der Waals surface area contributed by atoms with Crippen LogP contribution in [-0.2, 0) is 4.79 Å². The van der Waals surface area contributed by atoms with E-state index in [9.17, 15) is 14.4 Å². The molecule has 0 saturated carbocycles. The number of aryl methyl sites for hydroxylation is 1. The number of nitrogens with one attached hydrogen (secondary N) is 2. The third-order valence-electron chi connectivity index (χ3n) is 8.05. The molecule has 41 heavy (non-hydrogen) atoms. The molecule has 0 bridgehead atoms. The van der Waals surface area contributed by atoms with Gasteiger partial charge in [-0.3, -0.25) is 14.4 Å². The molecule has 0 aliphatic carbocycles. The Morgan fingerprint density at radius 2 is 1.78 bits per heavy atom. The van der Waals surface area contributed by atoms with Gasteiger partial charge in [-0.2, -0.15) is 0 Å². The highest BCUT2D eigenvalue weighted by atomic mass is 16.3. The van der Waals surface area contributed by atoms with Crippen LogP contribution >= 0.6 is 0 Å². The molecule has 3 aromatic rings. The van der Waals surface area contributed by atoms with Gasteiger partial charge < -0.3 is 29.8 Å². The van der Waals surface area contributed by atoms with Crippen LogP contribution in [0.15, 0.2) is 65.1 Å². The number of carbonyl (C=O) groups excluding carboxylic acids is 3. The summed E-state index contributed by atoms with van der Waals surface area (Å²) in [6.45, 7) is 5.36. The molecule has 2 saturated heterocycles. The van der Waals surface area contributed by atoms with Crippen LogP contribution in [0.25, 0.3) is 0 Å². The molecule has 2 aliphatic heterocycles. The van der Waals surface area contributed by atoms with Crippen molar-refractivity contribution in [3.63, 3.8) is 0 Å². The molecule has 0 atom stereocenters. The summed E-state index contributed by atoms with van der Waals surface area (Å²) in [7, 11) is 2.14. The topological polar surface area (TPSA) is 98.1 Å². The average molecular weight is 558 g/mol. The van der Waals surface area contributed by atoms with Crippen molar-refractivity contribution in [2.75, 3.05) is 54.9 Å². The van der Waals surface area contributed by atoms with Crippen molar-refractivity contribution in [1.82, 2.24) is 10.2 Å². The molecular weight excluding hydrogens is 518 g/mol. The second kappa shape index (κ2) is 12.9. The molecule has 2 N–H and O–H groups in total. The number of likely N-dealkylation sites (tertiary alicyclic amines) is 1. The van der Waals surface area contributed by atoms with Crippen molar-refractivity contribution in [2.45, 2.75) is 45.1 Å². The zero-order valence-electron chi connectivity index (χ0n) is 23.9. The van der Waals surface area contributed by atoms with Crippen molar-refractivity contribution in [3.05, 3.63) is 77.7 Å². The van der Waals surface area contributed by atoms with E-state index in [1.165, 1.54) is 5.69 Å². The number of anilines is 3. The first kappa shape index (κ1) is 28.3. The molecule has 3 heterocycles. The number of amides is 3. The zero-order chi connectivity index (χ0) is 28.8. The number of hydrogen-bond acceptors (Lipinski definition) is 6. The fraction of sp³-hybridized carbons (Fsp3) is 0.406. The Labute approximate surface area is 241 Å². The van der Waals surface area contributed by atoms with E-state index in [0.717, 1.165) is 44.6 Å². The van der Waals surface area contributed by atoms with Crippen LogP contribution in [0.4, 0.5) is 17.1 Å². The molecule has 0 spiro atoms. The fourth-order valence-electron chi connectivity index (χ4n) is 5.68. The molecule has 2 aromatic carbocycles. The Kier molecular flexibility index (Phi) is 8.91. The Morgan fingerprint density at radius 3 is 2.46 bits per heavy atom. The molecule has 9 nitrogen and oxygen atoms in total. The predicted octanol–water partition coefficient (Wildman–Crippen LogP) is 4.69. The first-order chi connectivity index (χ1) is 19.9. The molecule has 0 radical (unpaired) electrons. The number of nitrogens with zero attached hydrogens (tertiary/aromatic N) is 3. The lowest BCUT2D eigenvalue weighted by Crippen LogP contribution is -2.43. The number of carbonyl (C=O) groups is 3. The summed E-state index contributed by atoms with van der Waals surface area (Å²) in [4.78, 5) is 44.3. The van der Waals surface area contributed by atoms with E-state index in [4.69, 9.17) is 4.42 Å². The number of benzene rings is 2. The molecule has 2 aliphatic rings. The van der Waals surface area contributed by atoms with Crippen molar-refractivity contribution in [3.8, 4) is 0 Å². The molecule has 3 amide bonds. The number of furan rings is 1. The SMILES string of the molecule is Cc1ccc(C(=O)Nc2cc(C(=O)NCCCN3CCCC3=O)ccc2N2CCC(N(C)c3ccccc3)CC2)o1. The van der Waals surface area contributed by atoms with Crippen molar-refractivity contribution in [1.29, 1.82) is 0 Å². The van der Waals surface area contributed by atoms with Crippen molar-refractivity contribution in [2.24, 2.45) is 0 Å².